The molecule has 1 fully saturated rings. The summed E-state index contributed by atoms with van der Waals surface area (Å²) in [6.07, 6.45) is 1.12. The first-order valence-corrected chi connectivity index (χ1v) is 9.46. The fourth-order valence-electron chi connectivity index (χ4n) is 2.96. The van der Waals surface area contributed by atoms with Crippen molar-refractivity contribution in [3.8, 4) is 5.75 Å². The normalized spacial score (nSPS) is 23.5. The first-order chi connectivity index (χ1) is 10.6. The van der Waals surface area contributed by atoms with Crippen molar-refractivity contribution < 1.29 is 4.74 Å². The van der Waals surface area contributed by atoms with Crippen LogP contribution in [-0.2, 0) is 0 Å². The van der Waals surface area contributed by atoms with E-state index in [2.05, 4.69) is 53.2 Å². The van der Waals surface area contributed by atoms with Crippen molar-refractivity contribution in [2.45, 2.75) is 6.42 Å². The SMILES string of the molecule is COc1ccc(N2C(=[Se])N3CCCN4C(=S)N(C)S2=C43)cc1. The Labute approximate surface area is 146 Å². The zero-order valence-electron chi connectivity index (χ0n) is 12.4. The number of hydrogen-bond acceptors (Lipinski definition) is 4. The van der Waals surface area contributed by atoms with Crippen LogP contribution in [0.1, 0.15) is 6.42 Å². The van der Waals surface area contributed by atoms with Crippen molar-refractivity contribution in [1.82, 2.24) is 14.1 Å². The Hall–Kier alpha value is -1.08. The monoisotopic (exact) mass is 400 g/mol. The number of hydrogen-bond donors (Lipinski definition) is 0. The van der Waals surface area contributed by atoms with Crippen LogP contribution in [0.25, 0.3) is 0 Å². The molecule has 0 saturated carbocycles. The molecule has 0 aromatic heterocycles. The molecule has 5 nitrogen and oxygen atoms in total. The maximum atomic E-state index is 5.63. The van der Waals surface area contributed by atoms with Crippen LogP contribution in [0.2, 0.25) is 0 Å². The van der Waals surface area contributed by atoms with Crippen molar-refractivity contribution >= 4 is 59.2 Å². The van der Waals surface area contributed by atoms with Crippen molar-refractivity contribution in [2.75, 3.05) is 31.6 Å². The molecular formula is C14H16N4OS2Se. The summed E-state index contributed by atoms with van der Waals surface area (Å²) in [5.74, 6) is 0.871. The standard InChI is InChI=1S/C14H16N4OS2Se/c1-15-12(20)16-8-3-9-17-13(16)21(15)18(14(17)22)10-4-6-11(19-2)7-5-10/h4-7H,3,8-9H2,1-2H3. The summed E-state index contributed by atoms with van der Waals surface area (Å²) in [4.78, 5) is 4.65. The molecule has 0 aliphatic carbocycles. The Balaban J connectivity index is 1.81. The van der Waals surface area contributed by atoms with Gasteiger partial charge in [0.15, 0.2) is 0 Å². The third kappa shape index (κ3) is 1.88. The van der Waals surface area contributed by atoms with Crippen LogP contribution in [0.15, 0.2) is 24.3 Å². The van der Waals surface area contributed by atoms with Gasteiger partial charge in [0.25, 0.3) is 0 Å². The molecule has 1 atom stereocenters. The van der Waals surface area contributed by atoms with E-state index in [-0.39, 0.29) is 10.9 Å². The van der Waals surface area contributed by atoms with Gasteiger partial charge in [0.2, 0.25) is 0 Å². The molecule has 116 valence electrons. The van der Waals surface area contributed by atoms with Crippen molar-refractivity contribution in [2.24, 2.45) is 0 Å². The molecule has 4 rings (SSSR count). The van der Waals surface area contributed by atoms with Crippen LogP contribution in [0.3, 0.4) is 0 Å². The summed E-state index contributed by atoms with van der Waals surface area (Å²) in [5.41, 5.74) is 1.15. The van der Waals surface area contributed by atoms with Gasteiger partial charge in [0, 0.05) is 0 Å². The fraction of sp³-hybridized carbons (Fsp3) is 0.357. The van der Waals surface area contributed by atoms with Crippen LogP contribution in [0, 0.1) is 0 Å². The predicted molar refractivity (Wildman–Crippen MR) is 97.2 cm³/mol. The molecule has 1 unspecified atom stereocenters. The van der Waals surface area contributed by atoms with Gasteiger partial charge < -0.3 is 0 Å². The average Bonchev–Trinajstić information content (AvgIpc) is 2.99. The van der Waals surface area contributed by atoms with Gasteiger partial charge in [-0.3, -0.25) is 0 Å². The molecule has 0 amide bonds. The summed E-state index contributed by atoms with van der Waals surface area (Å²) < 4.78 is 11.0. The maximum absolute atomic E-state index is 5.63. The van der Waals surface area contributed by atoms with E-state index < -0.39 is 0 Å². The Bertz CT molecular complexity index is 705. The third-order valence-electron chi connectivity index (χ3n) is 4.03. The van der Waals surface area contributed by atoms with Gasteiger partial charge in [-0.15, -0.1) is 0 Å². The Morgan fingerprint density at radius 2 is 1.86 bits per heavy atom. The van der Waals surface area contributed by atoms with E-state index in [1.807, 2.05) is 12.1 Å². The summed E-state index contributed by atoms with van der Waals surface area (Å²) in [7, 11) is 3.58. The van der Waals surface area contributed by atoms with E-state index in [0.29, 0.717) is 0 Å². The molecule has 0 bridgehead atoms. The number of anilines is 1. The molecule has 22 heavy (non-hydrogen) atoms. The van der Waals surface area contributed by atoms with Crippen molar-refractivity contribution in [3.05, 3.63) is 24.3 Å². The molecule has 3 aliphatic rings. The average molecular weight is 399 g/mol. The zero-order valence-corrected chi connectivity index (χ0v) is 15.7. The summed E-state index contributed by atoms with van der Waals surface area (Å²) >= 11 is 8.89. The molecule has 1 aromatic carbocycles. The van der Waals surface area contributed by atoms with Gasteiger partial charge >= 0.3 is 146 Å². The molecular weight excluding hydrogens is 383 g/mol. The summed E-state index contributed by atoms with van der Waals surface area (Å²) in [5, 5.41) is 2.23. The molecule has 3 heterocycles. The molecule has 1 aromatic rings. The predicted octanol–water partition coefficient (Wildman–Crippen LogP) is 1.20. The summed E-state index contributed by atoms with van der Waals surface area (Å²) in [6, 6.07) is 8.20. The second-order valence-electron chi connectivity index (χ2n) is 5.26. The molecule has 8 heteroatoms. The minimum absolute atomic E-state index is 0.194. The minimum atomic E-state index is -0.194. The molecule has 0 N–H and O–H groups in total. The number of nitrogens with zero attached hydrogens (tertiary/aromatic N) is 4. The first-order valence-electron chi connectivity index (χ1n) is 7.06. The number of ether oxygens (including phenoxy) is 1. The van der Waals surface area contributed by atoms with E-state index in [4.69, 9.17) is 17.0 Å². The molecule has 3 aliphatic heterocycles. The van der Waals surface area contributed by atoms with Crippen LogP contribution in [0.5, 0.6) is 5.75 Å². The number of benzene rings is 1. The second-order valence-corrected chi connectivity index (χ2v) is 8.20. The Morgan fingerprint density at radius 3 is 2.55 bits per heavy atom. The topological polar surface area (TPSA) is 22.2 Å². The first kappa shape index (κ1) is 14.5. The quantitative estimate of drug-likeness (QED) is 0.547. The van der Waals surface area contributed by atoms with E-state index in [0.717, 1.165) is 40.7 Å². The molecule has 0 spiro atoms. The third-order valence-corrected chi connectivity index (χ3v) is 7.94. The Kier molecular flexibility index (Phi) is 3.45. The van der Waals surface area contributed by atoms with E-state index >= 15 is 0 Å². The van der Waals surface area contributed by atoms with Crippen molar-refractivity contribution in [3.63, 3.8) is 0 Å². The fourth-order valence-corrected chi connectivity index (χ4v) is 6.79. The molecule has 0 radical (unpaired) electrons. The second kappa shape index (κ2) is 5.23. The van der Waals surface area contributed by atoms with Crippen LogP contribution in [0.4, 0.5) is 5.69 Å². The van der Waals surface area contributed by atoms with Gasteiger partial charge in [-0.2, -0.15) is 0 Å². The van der Waals surface area contributed by atoms with E-state index in [1.54, 1.807) is 7.11 Å². The number of methoxy groups -OCH3 is 1. The van der Waals surface area contributed by atoms with Crippen molar-refractivity contribution in [1.29, 1.82) is 0 Å². The van der Waals surface area contributed by atoms with Crippen LogP contribution < -0.4 is 9.04 Å². The summed E-state index contributed by atoms with van der Waals surface area (Å²) in [6.45, 7) is 2.06. The van der Waals surface area contributed by atoms with Gasteiger partial charge in [-0.1, -0.05) is 0 Å². The van der Waals surface area contributed by atoms with Gasteiger partial charge in [-0.05, 0) is 0 Å². The Morgan fingerprint density at radius 1 is 1.18 bits per heavy atom. The number of thiocarbonyl (C=S) groups is 1. The van der Waals surface area contributed by atoms with Gasteiger partial charge in [0.05, 0.1) is 0 Å². The van der Waals surface area contributed by atoms with Gasteiger partial charge in [0.1, 0.15) is 0 Å². The van der Waals surface area contributed by atoms with Crippen LogP contribution >= 0.6 is 23.1 Å². The molecule has 1 saturated heterocycles. The number of rotatable bonds is 2. The van der Waals surface area contributed by atoms with E-state index in [1.165, 1.54) is 5.11 Å². The van der Waals surface area contributed by atoms with E-state index in [9.17, 15) is 0 Å². The van der Waals surface area contributed by atoms with Crippen LogP contribution in [-0.4, -0.2) is 71.8 Å². The van der Waals surface area contributed by atoms with Gasteiger partial charge in [-0.25, -0.2) is 0 Å². The zero-order chi connectivity index (χ0) is 15.4.